The molecule has 0 radical (unpaired) electrons. The standard InChI is InChI=1S/C22H28N2O3/c1-15(2)27-20-10-5-17(13-21(20)26-4)22(25)23-18-6-8-19(9-7-18)24-12-11-16(3)14-24/h5-10,13,15-16H,11-12,14H2,1-4H3,(H,23,25). The molecule has 0 aromatic heterocycles. The summed E-state index contributed by atoms with van der Waals surface area (Å²) >= 11 is 0. The molecule has 0 bridgehead atoms. The number of carbonyl (C=O) groups excluding carboxylic acids is 1. The number of amides is 1. The zero-order valence-corrected chi connectivity index (χ0v) is 16.5. The number of nitrogens with zero attached hydrogens (tertiary/aromatic N) is 1. The summed E-state index contributed by atoms with van der Waals surface area (Å²) in [5.41, 5.74) is 2.51. The molecule has 0 saturated carbocycles. The molecular weight excluding hydrogens is 340 g/mol. The molecular formula is C22H28N2O3. The first-order valence-electron chi connectivity index (χ1n) is 9.47. The number of hydrogen-bond acceptors (Lipinski definition) is 4. The summed E-state index contributed by atoms with van der Waals surface area (Å²) in [4.78, 5) is 15.0. The molecule has 1 saturated heterocycles. The molecule has 1 unspecified atom stereocenters. The molecule has 1 atom stereocenters. The van der Waals surface area contributed by atoms with Gasteiger partial charge in [-0.3, -0.25) is 4.79 Å². The van der Waals surface area contributed by atoms with Crippen molar-refractivity contribution in [3.8, 4) is 11.5 Å². The molecule has 3 rings (SSSR count). The van der Waals surface area contributed by atoms with Gasteiger partial charge in [0, 0.05) is 30.0 Å². The maximum Gasteiger partial charge on any atom is 0.255 e. The molecule has 1 amide bonds. The van der Waals surface area contributed by atoms with Crippen molar-refractivity contribution in [2.24, 2.45) is 5.92 Å². The number of methoxy groups -OCH3 is 1. The molecule has 0 spiro atoms. The van der Waals surface area contributed by atoms with Crippen LogP contribution in [-0.2, 0) is 0 Å². The lowest BCUT2D eigenvalue weighted by Crippen LogP contribution is -2.19. The van der Waals surface area contributed by atoms with E-state index in [0.717, 1.165) is 24.7 Å². The highest BCUT2D eigenvalue weighted by molar-refractivity contribution is 6.04. The summed E-state index contributed by atoms with van der Waals surface area (Å²) in [6.45, 7) is 8.37. The van der Waals surface area contributed by atoms with Gasteiger partial charge in [-0.25, -0.2) is 0 Å². The fraction of sp³-hybridized carbons (Fsp3) is 0.409. The number of carbonyl (C=O) groups is 1. The minimum atomic E-state index is -0.174. The smallest absolute Gasteiger partial charge is 0.255 e. The average Bonchev–Trinajstić information content (AvgIpc) is 3.08. The van der Waals surface area contributed by atoms with Gasteiger partial charge >= 0.3 is 0 Å². The molecule has 27 heavy (non-hydrogen) atoms. The van der Waals surface area contributed by atoms with Gasteiger partial charge in [0.05, 0.1) is 13.2 Å². The Labute approximate surface area is 161 Å². The molecule has 2 aromatic rings. The van der Waals surface area contributed by atoms with E-state index >= 15 is 0 Å². The molecule has 1 heterocycles. The lowest BCUT2D eigenvalue weighted by atomic mass is 10.1. The molecule has 144 valence electrons. The maximum absolute atomic E-state index is 12.6. The third kappa shape index (κ3) is 4.73. The van der Waals surface area contributed by atoms with Crippen molar-refractivity contribution in [3.63, 3.8) is 0 Å². The number of ether oxygens (including phenoxy) is 2. The monoisotopic (exact) mass is 368 g/mol. The van der Waals surface area contributed by atoms with Crippen molar-refractivity contribution < 1.29 is 14.3 Å². The van der Waals surface area contributed by atoms with Gasteiger partial charge in [-0.2, -0.15) is 0 Å². The fourth-order valence-electron chi connectivity index (χ4n) is 3.29. The van der Waals surface area contributed by atoms with Crippen LogP contribution in [0.15, 0.2) is 42.5 Å². The predicted molar refractivity (Wildman–Crippen MR) is 109 cm³/mol. The van der Waals surface area contributed by atoms with E-state index in [1.807, 2.05) is 26.0 Å². The highest BCUT2D eigenvalue weighted by Crippen LogP contribution is 2.29. The van der Waals surface area contributed by atoms with E-state index in [1.54, 1.807) is 25.3 Å². The van der Waals surface area contributed by atoms with Crippen LogP contribution in [0.25, 0.3) is 0 Å². The van der Waals surface area contributed by atoms with Gasteiger partial charge in [0.1, 0.15) is 0 Å². The predicted octanol–water partition coefficient (Wildman–Crippen LogP) is 4.58. The van der Waals surface area contributed by atoms with Crippen molar-refractivity contribution in [2.75, 3.05) is 30.4 Å². The van der Waals surface area contributed by atoms with E-state index in [0.29, 0.717) is 17.1 Å². The van der Waals surface area contributed by atoms with Crippen LogP contribution >= 0.6 is 0 Å². The summed E-state index contributed by atoms with van der Waals surface area (Å²) in [5, 5.41) is 2.94. The van der Waals surface area contributed by atoms with Gasteiger partial charge in [-0.1, -0.05) is 6.92 Å². The van der Waals surface area contributed by atoms with Crippen molar-refractivity contribution >= 4 is 17.3 Å². The molecule has 1 aliphatic rings. The second-order valence-corrected chi connectivity index (χ2v) is 7.37. The molecule has 2 aromatic carbocycles. The second kappa shape index (κ2) is 8.33. The van der Waals surface area contributed by atoms with Crippen LogP contribution in [-0.4, -0.2) is 32.2 Å². The van der Waals surface area contributed by atoms with Crippen LogP contribution in [0.3, 0.4) is 0 Å². The first-order valence-corrected chi connectivity index (χ1v) is 9.47. The van der Waals surface area contributed by atoms with Gasteiger partial charge in [0.25, 0.3) is 5.91 Å². The lowest BCUT2D eigenvalue weighted by Gasteiger charge is -2.18. The van der Waals surface area contributed by atoms with Crippen molar-refractivity contribution in [1.29, 1.82) is 0 Å². The van der Waals surface area contributed by atoms with Gasteiger partial charge < -0.3 is 19.7 Å². The number of hydrogen-bond donors (Lipinski definition) is 1. The van der Waals surface area contributed by atoms with Crippen LogP contribution in [0.4, 0.5) is 11.4 Å². The Hall–Kier alpha value is -2.69. The van der Waals surface area contributed by atoms with Crippen molar-refractivity contribution in [3.05, 3.63) is 48.0 Å². The average molecular weight is 368 g/mol. The Morgan fingerprint density at radius 1 is 1.15 bits per heavy atom. The number of benzene rings is 2. The third-order valence-corrected chi connectivity index (χ3v) is 4.70. The van der Waals surface area contributed by atoms with Crippen LogP contribution in [0.1, 0.15) is 37.6 Å². The summed E-state index contributed by atoms with van der Waals surface area (Å²) in [5.74, 6) is 1.75. The fourth-order valence-corrected chi connectivity index (χ4v) is 3.29. The first kappa shape index (κ1) is 19.1. The third-order valence-electron chi connectivity index (χ3n) is 4.70. The number of nitrogens with one attached hydrogen (secondary N) is 1. The SMILES string of the molecule is COc1cc(C(=O)Nc2ccc(N3CCC(C)C3)cc2)ccc1OC(C)C. The van der Waals surface area contributed by atoms with Crippen LogP contribution in [0, 0.1) is 5.92 Å². The molecule has 1 aliphatic heterocycles. The summed E-state index contributed by atoms with van der Waals surface area (Å²) in [6.07, 6.45) is 1.27. The zero-order chi connectivity index (χ0) is 19.4. The van der Waals surface area contributed by atoms with Gasteiger partial charge in [0.2, 0.25) is 0 Å². The van der Waals surface area contributed by atoms with Gasteiger partial charge in [-0.15, -0.1) is 0 Å². The van der Waals surface area contributed by atoms with Crippen molar-refractivity contribution in [2.45, 2.75) is 33.3 Å². The Balaban J connectivity index is 1.68. The number of rotatable bonds is 6. The normalized spacial score (nSPS) is 16.5. The van der Waals surface area contributed by atoms with E-state index in [4.69, 9.17) is 9.47 Å². The highest BCUT2D eigenvalue weighted by atomic mass is 16.5. The van der Waals surface area contributed by atoms with Crippen molar-refractivity contribution in [1.82, 2.24) is 0 Å². The Morgan fingerprint density at radius 2 is 1.89 bits per heavy atom. The van der Waals surface area contributed by atoms with E-state index in [1.165, 1.54) is 12.1 Å². The number of anilines is 2. The van der Waals surface area contributed by atoms with E-state index in [2.05, 4.69) is 29.3 Å². The summed E-state index contributed by atoms with van der Waals surface area (Å²) in [6, 6.07) is 13.2. The quantitative estimate of drug-likeness (QED) is 0.811. The summed E-state index contributed by atoms with van der Waals surface area (Å²) in [7, 11) is 1.57. The topological polar surface area (TPSA) is 50.8 Å². The maximum atomic E-state index is 12.6. The van der Waals surface area contributed by atoms with Crippen LogP contribution < -0.4 is 19.7 Å². The minimum Gasteiger partial charge on any atom is -0.493 e. The van der Waals surface area contributed by atoms with Gasteiger partial charge in [0.15, 0.2) is 11.5 Å². The molecule has 0 aliphatic carbocycles. The Bertz CT molecular complexity index is 787. The first-order chi connectivity index (χ1) is 13.0. The summed E-state index contributed by atoms with van der Waals surface area (Å²) < 4.78 is 11.1. The Morgan fingerprint density at radius 3 is 2.48 bits per heavy atom. The lowest BCUT2D eigenvalue weighted by molar-refractivity contribution is 0.102. The Kier molecular flexibility index (Phi) is 5.89. The van der Waals surface area contributed by atoms with E-state index in [9.17, 15) is 4.79 Å². The zero-order valence-electron chi connectivity index (χ0n) is 16.5. The van der Waals surface area contributed by atoms with E-state index in [-0.39, 0.29) is 12.0 Å². The van der Waals surface area contributed by atoms with Crippen LogP contribution in [0.5, 0.6) is 11.5 Å². The van der Waals surface area contributed by atoms with Crippen LogP contribution in [0.2, 0.25) is 0 Å². The largest absolute Gasteiger partial charge is 0.493 e. The second-order valence-electron chi connectivity index (χ2n) is 7.37. The minimum absolute atomic E-state index is 0.0377. The highest BCUT2D eigenvalue weighted by Gasteiger charge is 2.19. The molecule has 1 N–H and O–H groups in total. The molecule has 1 fully saturated rings. The van der Waals surface area contributed by atoms with E-state index < -0.39 is 0 Å². The van der Waals surface area contributed by atoms with Gasteiger partial charge in [-0.05, 0) is 68.7 Å². The molecule has 5 heteroatoms. The molecule has 5 nitrogen and oxygen atoms in total.